The van der Waals surface area contributed by atoms with Gasteiger partial charge in [-0.05, 0) is 50.9 Å². The average molecular weight is 240 g/mol. The topological polar surface area (TPSA) is 15.3 Å². The minimum absolute atomic E-state index is 0.377. The van der Waals surface area contributed by atoms with Gasteiger partial charge in [0.2, 0.25) is 0 Å². The van der Waals surface area contributed by atoms with Crippen LogP contribution >= 0.6 is 0 Å². The number of hydrogen-bond donors (Lipinski definition) is 1. The number of nitrogens with zero attached hydrogens (tertiary/aromatic N) is 1. The van der Waals surface area contributed by atoms with E-state index in [-0.39, 0.29) is 0 Å². The normalized spacial score (nSPS) is 21.2. The molecule has 0 bridgehead atoms. The highest BCUT2D eigenvalue weighted by molar-refractivity contribution is 4.81. The number of nitrogens with one attached hydrogen (secondary N) is 1. The van der Waals surface area contributed by atoms with Gasteiger partial charge < -0.3 is 10.2 Å². The molecule has 2 nitrogen and oxygen atoms in total. The molecule has 0 radical (unpaired) electrons. The molecular weight excluding hydrogens is 208 g/mol. The second kappa shape index (κ2) is 7.38. The monoisotopic (exact) mass is 240 g/mol. The molecule has 2 heteroatoms. The molecule has 0 saturated carbocycles. The minimum atomic E-state index is 0.377. The van der Waals surface area contributed by atoms with Crippen molar-refractivity contribution < 1.29 is 0 Å². The fraction of sp³-hybridized carbons (Fsp3) is 1.00. The van der Waals surface area contributed by atoms with Crippen LogP contribution in [0.1, 0.15) is 59.8 Å². The summed E-state index contributed by atoms with van der Waals surface area (Å²) in [5, 5.41) is 3.65. The van der Waals surface area contributed by atoms with Crippen molar-refractivity contribution in [3.05, 3.63) is 0 Å². The predicted molar refractivity (Wildman–Crippen MR) is 76.4 cm³/mol. The van der Waals surface area contributed by atoms with Crippen LogP contribution in [0.25, 0.3) is 0 Å². The smallest absolute Gasteiger partial charge is 0.0128 e. The highest BCUT2D eigenvalue weighted by Crippen LogP contribution is 2.22. The van der Waals surface area contributed by atoms with Gasteiger partial charge in [-0.2, -0.15) is 0 Å². The zero-order chi connectivity index (χ0) is 12.7. The van der Waals surface area contributed by atoms with Crippen LogP contribution in [0.15, 0.2) is 0 Å². The van der Waals surface area contributed by atoms with E-state index in [0.717, 1.165) is 6.54 Å². The van der Waals surface area contributed by atoms with E-state index in [2.05, 4.69) is 37.9 Å². The van der Waals surface area contributed by atoms with Gasteiger partial charge >= 0.3 is 0 Å². The molecule has 0 aromatic carbocycles. The van der Waals surface area contributed by atoms with Crippen LogP contribution in [-0.4, -0.2) is 37.1 Å². The fourth-order valence-electron chi connectivity index (χ4n) is 2.76. The third-order valence-corrected chi connectivity index (χ3v) is 3.93. The molecule has 1 saturated heterocycles. The van der Waals surface area contributed by atoms with Gasteiger partial charge in [0.25, 0.3) is 0 Å². The fourth-order valence-corrected chi connectivity index (χ4v) is 2.76. The third-order valence-electron chi connectivity index (χ3n) is 3.93. The molecule has 1 heterocycles. The van der Waals surface area contributed by atoms with Crippen LogP contribution in [0.5, 0.6) is 0 Å². The largest absolute Gasteiger partial charge is 0.314 e. The summed E-state index contributed by atoms with van der Waals surface area (Å²) >= 11 is 0. The minimum Gasteiger partial charge on any atom is -0.314 e. The van der Waals surface area contributed by atoms with E-state index in [9.17, 15) is 0 Å². The number of hydrogen-bond acceptors (Lipinski definition) is 2. The summed E-state index contributed by atoms with van der Waals surface area (Å²) in [6.07, 6.45) is 6.97. The van der Waals surface area contributed by atoms with Crippen molar-refractivity contribution in [2.45, 2.75) is 65.8 Å². The molecule has 0 aromatic rings. The molecule has 1 atom stereocenters. The van der Waals surface area contributed by atoms with E-state index in [0.29, 0.717) is 11.5 Å². The van der Waals surface area contributed by atoms with Gasteiger partial charge in [0.15, 0.2) is 0 Å². The Hall–Kier alpha value is -0.0800. The van der Waals surface area contributed by atoms with Crippen molar-refractivity contribution in [3.8, 4) is 0 Å². The van der Waals surface area contributed by atoms with Crippen molar-refractivity contribution in [1.82, 2.24) is 10.2 Å². The van der Waals surface area contributed by atoms with E-state index in [1.165, 1.54) is 51.7 Å². The lowest BCUT2D eigenvalue weighted by Crippen LogP contribution is -2.43. The molecule has 1 unspecified atom stereocenters. The molecule has 1 rings (SSSR count). The van der Waals surface area contributed by atoms with Crippen LogP contribution in [0.2, 0.25) is 0 Å². The first-order chi connectivity index (χ1) is 8.04. The van der Waals surface area contributed by atoms with Gasteiger partial charge in [0.05, 0.1) is 0 Å². The summed E-state index contributed by atoms with van der Waals surface area (Å²) < 4.78 is 0. The quantitative estimate of drug-likeness (QED) is 0.793. The lowest BCUT2D eigenvalue weighted by Gasteiger charge is -2.33. The van der Waals surface area contributed by atoms with Gasteiger partial charge in [-0.1, -0.05) is 40.5 Å². The Bertz CT molecular complexity index is 188. The van der Waals surface area contributed by atoms with E-state index in [4.69, 9.17) is 0 Å². The summed E-state index contributed by atoms with van der Waals surface area (Å²) in [5.41, 5.74) is 0.377. The third kappa shape index (κ3) is 5.87. The summed E-state index contributed by atoms with van der Waals surface area (Å²) in [6, 6.07) is 0.649. The Morgan fingerprint density at radius 1 is 1.06 bits per heavy atom. The zero-order valence-corrected chi connectivity index (χ0v) is 12.4. The van der Waals surface area contributed by atoms with Crippen molar-refractivity contribution in [2.75, 3.05) is 26.2 Å². The second-order valence-electron chi connectivity index (χ2n) is 6.52. The molecule has 102 valence electrons. The summed E-state index contributed by atoms with van der Waals surface area (Å²) in [4.78, 5) is 2.67. The molecular formula is C15H32N2. The van der Waals surface area contributed by atoms with Gasteiger partial charge in [-0.15, -0.1) is 0 Å². The maximum atomic E-state index is 3.65. The summed E-state index contributed by atoms with van der Waals surface area (Å²) in [7, 11) is 0. The highest BCUT2D eigenvalue weighted by atomic mass is 15.1. The zero-order valence-electron chi connectivity index (χ0n) is 12.4. The molecule has 0 aromatic heterocycles. The Kier molecular flexibility index (Phi) is 6.50. The van der Waals surface area contributed by atoms with E-state index >= 15 is 0 Å². The van der Waals surface area contributed by atoms with Crippen molar-refractivity contribution in [1.29, 1.82) is 0 Å². The first-order valence-electron chi connectivity index (χ1n) is 7.49. The average Bonchev–Trinajstić information content (AvgIpc) is 2.51. The lowest BCUT2D eigenvalue weighted by molar-refractivity contribution is 0.209. The maximum Gasteiger partial charge on any atom is 0.0128 e. The van der Waals surface area contributed by atoms with Crippen LogP contribution < -0.4 is 5.32 Å². The van der Waals surface area contributed by atoms with Gasteiger partial charge in [0, 0.05) is 6.04 Å². The van der Waals surface area contributed by atoms with E-state index < -0.39 is 0 Å². The Balaban J connectivity index is 2.34. The van der Waals surface area contributed by atoms with Crippen molar-refractivity contribution in [3.63, 3.8) is 0 Å². The summed E-state index contributed by atoms with van der Waals surface area (Å²) in [6.45, 7) is 14.3. The summed E-state index contributed by atoms with van der Waals surface area (Å²) in [5.74, 6) is 0. The van der Waals surface area contributed by atoms with Crippen LogP contribution in [-0.2, 0) is 0 Å². The lowest BCUT2D eigenvalue weighted by atomic mass is 9.84. The first kappa shape index (κ1) is 15.0. The number of rotatable bonds is 5. The van der Waals surface area contributed by atoms with Gasteiger partial charge in [-0.25, -0.2) is 0 Å². The van der Waals surface area contributed by atoms with Gasteiger partial charge in [0.1, 0.15) is 0 Å². The molecule has 0 spiro atoms. The van der Waals surface area contributed by atoms with Crippen molar-refractivity contribution in [2.24, 2.45) is 5.41 Å². The van der Waals surface area contributed by atoms with Crippen LogP contribution in [0.3, 0.4) is 0 Å². The Morgan fingerprint density at radius 3 is 2.12 bits per heavy atom. The molecule has 0 aliphatic carbocycles. The van der Waals surface area contributed by atoms with Crippen LogP contribution in [0, 0.1) is 5.41 Å². The highest BCUT2D eigenvalue weighted by Gasteiger charge is 2.24. The second-order valence-corrected chi connectivity index (χ2v) is 6.52. The SMILES string of the molecule is CCNC(CCN1CCCCCC1)C(C)(C)C. The van der Waals surface area contributed by atoms with Crippen molar-refractivity contribution >= 4 is 0 Å². The van der Waals surface area contributed by atoms with E-state index in [1.807, 2.05) is 0 Å². The van der Waals surface area contributed by atoms with E-state index in [1.54, 1.807) is 0 Å². The molecule has 1 aliphatic heterocycles. The first-order valence-corrected chi connectivity index (χ1v) is 7.49. The molecule has 17 heavy (non-hydrogen) atoms. The molecule has 1 fully saturated rings. The molecule has 1 N–H and O–H groups in total. The Morgan fingerprint density at radius 2 is 1.65 bits per heavy atom. The van der Waals surface area contributed by atoms with Crippen LogP contribution in [0.4, 0.5) is 0 Å². The molecule has 1 aliphatic rings. The standard InChI is InChI=1S/C15H32N2/c1-5-16-14(15(2,3)4)10-13-17-11-8-6-7-9-12-17/h14,16H,5-13H2,1-4H3. The Labute approximate surface area is 108 Å². The van der Waals surface area contributed by atoms with Gasteiger partial charge in [-0.3, -0.25) is 0 Å². The molecule has 0 amide bonds. The number of likely N-dealkylation sites (tertiary alicyclic amines) is 1. The predicted octanol–water partition coefficient (Wildman–Crippen LogP) is 3.28. The maximum absolute atomic E-state index is 3.65.